The predicted molar refractivity (Wildman–Crippen MR) is 110 cm³/mol. The molecule has 1 N–H and O–H groups in total. The van der Waals surface area contributed by atoms with Crippen LogP contribution in [0.4, 0.5) is 10.1 Å². The van der Waals surface area contributed by atoms with Gasteiger partial charge in [0, 0.05) is 25.2 Å². The number of fused-ring (bicyclic) bond motifs is 1. The van der Waals surface area contributed by atoms with Crippen molar-refractivity contribution in [2.75, 3.05) is 18.1 Å². The zero-order valence-corrected chi connectivity index (χ0v) is 16.6. The Morgan fingerprint density at radius 3 is 2.83 bits per heavy atom. The molecule has 1 fully saturated rings. The fraction of sp³-hybridized carbons (Fsp3) is 0.318. The Hall–Kier alpha value is -3.42. The molecule has 156 valence electrons. The fourth-order valence-electron chi connectivity index (χ4n) is 3.71. The monoisotopic (exact) mass is 411 g/mol. The zero-order chi connectivity index (χ0) is 21.3. The summed E-state index contributed by atoms with van der Waals surface area (Å²) in [5.41, 5.74) is 2.30. The lowest BCUT2D eigenvalue weighted by molar-refractivity contribution is -0.148. The predicted octanol–water partition coefficient (Wildman–Crippen LogP) is 2.76. The molecule has 2 aromatic carbocycles. The van der Waals surface area contributed by atoms with Gasteiger partial charge in [0.2, 0.25) is 5.91 Å². The highest BCUT2D eigenvalue weighted by Crippen LogP contribution is 2.27. The number of aryl methyl sites for hydroxylation is 2. The largest absolute Gasteiger partial charge is 0.465 e. The van der Waals surface area contributed by atoms with Gasteiger partial charge in [-0.3, -0.25) is 14.2 Å². The molecule has 1 saturated heterocycles. The third kappa shape index (κ3) is 3.85. The lowest BCUT2D eigenvalue weighted by atomic mass is 10.1. The van der Waals surface area contributed by atoms with Gasteiger partial charge < -0.3 is 14.6 Å². The smallest absolute Gasteiger partial charge is 0.326 e. The van der Waals surface area contributed by atoms with Gasteiger partial charge in [0.05, 0.1) is 23.6 Å². The molecule has 1 aliphatic rings. The second kappa shape index (κ2) is 8.14. The fourth-order valence-corrected chi connectivity index (χ4v) is 3.71. The number of rotatable bonds is 6. The number of carbonyl (C=O) groups is 2. The van der Waals surface area contributed by atoms with Crippen LogP contribution in [0.25, 0.3) is 11.0 Å². The van der Waals surface area contributed by atoms with Crippen LogP contribution >= 0.6 is 0 Å². The minimum absolute atomic E-state index is 0.0379. The number of H-pyrrole nitrogens is 1. The van der Waals surface area contributed by atoms with Gasteiger partial charge in [0.15, 0.2) is 0 Å². The topological polar surface area (TPSA) is 84.4 Å². The molecule has 0 spiro atoms. The Kier molecular flexibility index (Phi) is 5.39. The number of nitrogens with zero attached hydrogens (tertiary/aromatic N) is 2. The molecule has 1 atom stereocenters. The molecule has 1 aromatic heterocycles. The van der Waals surface area contributed by atoms with E-state index in [9.17, 15) is 18.8 Å². The number of imidazole rings is 1. The summed E-state index contributed by atoms with van der Waals surface area (Å²) in [4.78, 5) is 40.9. The lowest BCUT2D eigenvalue weighted by Crippen LogP contribution is -2.26. The van der Waals surface area contributed by atoms with Crippen LogP contribution in [0, 0.1) is 18.7 Å². The highest BCUT2D eigenvalue weighted by Gasteiger charge is 2.36. The average Bonchev–Trinajstić information content (AvgIpc) is 3.27. The van der Waals surface area contributed by atoms with Crippen LogP contribution in [0.2, 0.25) is 0 Å². The van der Waals surface area contributed by atoms with Crippen molar-refractivity contribution in [2.24, 2.45) is 5.92 Å². The molecule has 0 bridgehead atoms. The molecule has 3 aromatic rings. The summed E-state index contributed by atoms with van der Waals surface area (Å²) in [7, 11) is 0. The Labute approximate surface area is 172 Å². The lowest BCUT2D eigenvalue weighted by Gasteiger charge is -2.17. The number of carbonyl (C=O) groups excluding carboxylic acids is 2. The molecule has 8 heteroatoms. The first kappa shape index (κ1) is 19.9. The van der Waals surface area contributed by atoms with Crippen molar-refractivity contribution in [3.8, 4) is 0 Å². The molecule has 0 radical (unpaired) electrons. The Morgan fingerprint density at radius 1 is 1.23 bits per heavy atom. The molecule has 1 amide bonds. The number of esters is 1. The van der Waals surface area contributed by atoms with E-state index in [1.54, 1.807) is 23.6 Å². The molecular weight excluding hydrogens is 389 g/mol. The molecule has 1 aliphatic heterocycles. The van der Waals surface area contributed by atoms with Gasteiger partial charge in [-0.25, -0.2) is 9.18 Å². The number of hydrogen-bond acceptors (Lipinski definition) is 4. The third-order valence-corrected chi connectivity index (χ3v) is 5.38. The number of anilines is 1. The summed E-state index contributed by atoms with van der Waals surface area (Å²) >= 11 is 0. The Balaban J connectivity index is 1.31. The molecular formula is C22H22FN3O4. The average molecular weight is 411 g/mol. The molecule has 7 nitrogen and oxygen atoms in total. The van der Waals surface area contributed by atoms with E-state index >= 15 is 0 Å². The van der Waals surface area contributed by atoms with Gasteiger partial charge in [-0.05, 0) is 43.2 Å². The van der Waals surface area contributed by atoms with Crippen LogP contribution in [0.1, 0.15) is 18.4 Å². The summed E-state index contributed by atoms with van der Waals surface area (Å²) in [6.45, 7) is 2.38. The quantitative estimate of drug-likeness (QED) is 0.499. The van der Waals surface area contributed by atoms with Gasteiger partial charge in [-0.2, -0.15) is 0 Å². The molecule has 2 heterocycles. The van der Waals surface area contributed by atoms with Gasteiger partial charge in [-0.1, -0.05) is 18.2 Å². The second-order valence-corrected chi connectivity index (χ2v) is 7.46. The van der Waals surface area contributed by atoms with E-state index in [4.69, 9.17) is 4.74 Å². The summed E-state index contributed by atoms with van der Waals surface area (Å²) in [5, 5.41) is 0. The first-order valence-corrected chi connectivity index (χ1v) is 9.85. The minimum atomic E-state index is -0.585. The summed E-state index contributed by atoms with van der Waals surface area (Å²) in [6.07, 6.45) is 0.511. The summed E-state index contributed by atoms with van der Waals surface area (Å²) in [5.74, 6) is -1.66. The van der Waals surface area contributed by atoms with Crippen LogP contribution in [-0.4, -0.2) is 34.6 Å². The SMILES string of the molecule is Cc1ccc(N2CC(C(=O)OCCCn3c(=O)[nH]c4ccccc43)CC2=O)cc1F. The normalized spacial score (nSPS) is 16.4. The summed E-state index contributed by atoms with van der Waals surface area (Å²) in [6, 6.07) is 12.0. The first-order valence-electron chi connectivity index (χ1n) is 9.85. The maximum absolute atomic E-state index is 13.8. The van der Waals surface area contributed by atoms with Crippen molar-refractivity contribution >= 4 is 28.6 Å². The molecule has 4 rings (SSSR count). The van der Waals surface area contributed by atoms with Crippen LogP contribution < -0.4 is 10.6 Å². The van der Waals surface area contributed by atoms with Crippen molar-refractivity contribution in [3.63, 3.8) is 0 Å². The Morgan fingerprint density at radius 2 is 2.03 bits per heavy atom. The second-order valence-electron chi connectivity index (χ2n) is 7.46. The maximum Gasteiger partial charge on any atom is 0.326 e. The van der Waals surface area contributed by atoms with E-state index in [2.05, 4.69) is 4.98 Å². The van der Waals surface area contributed by atoms with E-state index < -0.39 is 11.9 Å². The molecule has 1 unspecified atom stereocenters. The Bertz CT molecular complexity index is 1170. The number of ether oxygens (including phenoxy) is 1. The highest BCUT2D eigenvalue weighted by molar-refractivity contribution is 5.99. The maximum atomic E-state index is 13.8. The van der Waals surface area contributed by atoms with Crippen LogP contribution in [0.15, 0.2) is 47.3 Å². The third-order valence-electron chi connectivity index (χ3n) is 5.38. The van der Waals surface area contributed by atoms with Crippen LogP contribution in [0.5, 0.6) is 0 Å². The van der Waals surface area contributed by atoms with Gasteiger partial charge in [0.1, 0.15) is 5.82 Å². The number of aromatic nitrogens is 2. The van der Waals surface area contributed by atoms with E-state index in [1.165, 1.54) is 11.0 Å². The van der Waals surface area contributed by atoms with Crippen molar-refractivity contribution < 1.29 is 18.7 Å². The van der Waals surface area contributed by atoms with E-state index in [-0.39, 0.29) is 37.0 Å². The number of para-hydroxylation sites is 2. The summed E-state index contributed by atoms with van der Waals surface area (Å²) < 4.78 is 20.7. The van der Waals surface area contributed by atoms with Crippen molar-refractivity contribution in [1.29, 1.82) is 0 Å². The molecule has 0 saturated carbocycles. The number of aromatic amines is 1. The van der Waals surface area contributed by atoms with E-state index in [1.807, 2.05) is 24.3 Å². The van der Waals surface area contributed by atoms with Crippen molar-refractivity contribution in [1.82, 2.24) is 9.55 Å². The minimum Gasteiger partial charge on any atom is -0.465 e. The number of hydrogen-bond donors (Lipinski definition) is 1. The van der Waals surface area contributed by atoms with Gasteiger partial charge >= 0.3 is 11.7 Å². The van der Waals surface area contributed by atoms with Gasteiger partial charge in [-0.15, -0.1) is 0 Å². The number of benzene rings is 2. The molecule has 0 aliphatic carbocycles. The van der Waals surface area contributed by atoms with Gasteiger partial charge in [0.25, 0.3) is 0 Å². The number of halogens is 1. The van der Waals surface area contributed by atoms with E-state index in [0.29, 0.717) is 24.2 Å². The van der Waals surface area contributed by atoms with Crippen LogP contribution in [-0.2, 0) is 20.9 Å². The van der Waals surface area contributed by atoms with Crippen LogP contribution in [0.3, 0.4) is 0 Å². The number of amides is 1. The standard InChI is InChI=1S/C22H22FN3O4/c1-14-7-8-16(12-17(14)23)26-13-15(11-20(26)27)21(28)30-10-4-9-25-19-6-3-2-5-18(19)24-22(25)29/h2-3,5-8,12,15H,4,9-11,13H2,1H3,(H,24,29). The first-order chi connectivity index (χ1) is 14.4. The molecule has 30 heavy (non-hydrogen) atoms. The van der Waals surface area contributed by atoms with E-state index in [0.717, 1.165) is 11.0 Å². The number of nitrogens with one attached hydrogen (secondary N) is 1. The highest BCUT2D eigenvalue weighted by atomic mass is 19.1. The van der Waals surface area contributed by atoms with Crippen molar-refractivity contribution in [2.45, 2.75) is 26.3 Å². The van der Waals surface area contributed by atoms with Crippen molar-refractivity contribution in [3.05, 3.63) is 64.3 Å². The zero-order valence-electron chi connectivity index (χ0n) is 16.6.